The first kappa shape index (κ1) is 24.5. The van der Waals surface area contributed by atoms with E-state index in [-0.39, 0.29) is 27.0 Å². The summed E-state index contributed by atoms with van der Waals surface area (Å²) < 4.78 is 9.68. The second kappa shape index (κ2) is 10.8. The van der Waals surface area contributed by atoms with Crippen LogP contribution in [-0.2, 0) is 4.79 Å². The molecular formula is C25H25Cl2N3O3S. The highest BCUT2D eigenvalue weighted by Crippen LogP contribution is 2.36. The Hall–Kier alpha value is -2.61. The van der Waals surface area contributed by atoms with E-state index in [4.69, 9.17) is 27.9 Å². The molecule has 9 heteroatoms. The summed E-state index contributed by atoms with van der Waals surface area (Å²) in [5.74, 6) is -0.129. The summed E-state index contributed by atoms with van der Waals surface area (Å²) in [5.41, 5.74) is 2.26. The zero-order chi connectivity index (χ0) is 24.2. The third-order valence-corrected chi connectivity index (χ3v) is 7.58. The number of carbonyl (C=O) groups excluding carboxylic acids is 2. The monoisotopic (exact) mass is 517 g/mol. The van der Waals surface area contributed by atoms with Gasteiger partial charge in [-0.05, 0) is 61.1 Å². The molecule has 1 heterocycles. The van der Waals surface area contributed by atoms with Gasteiger partial charge in [0.1, 0.15) is 21.2 Å². The van der Waals surface area contributed by atoms with Gasteiger partial charge in [0, 0.05) is 11.7 Å². The number of amides is 2. The zero-order valence-electron chi connectivity index (χ0n) is 18.9. The van der Waals surface area contributed by atoms with Crippen molar-refractivity contribution in [2.75, 3.05) is 12.0 Å². The van der Waals surface area contributed by atoms with Gasteiger partial charge in [-0.25, -0.2) is 0 Å². The van der Waals surface area contributed by atoms with E-state index in [0.717, 1.165) is 42.8 Å². The first-order valence-corrected chi connectivity index (χ1v) is 12.6. The van der Waals surface area contributed by atoms with Crippen LogP contribution in [0.5, 0.6) is 5.75 Å². The lowest BCUT2D eigenvalue weighted by Crippen LogP contribution is -2.46. The average molecular weight is 518 g/mol. The fraction of sp³-hybridized carbons (Fsp3) is 0.320. The summed E-state index contributed by atoms with van der Waals surface area (Å²) in [6.45, 7) is 1.97. The van der Waals surface area contributed by atoms with Crippen molar-refractivity contribution < 1.29 is 14.3 Å². The minimum atomic E-state index is -0.932. The summed E-state index contributed by atoms with van der Waals surface area (Å²) in [4.78, 5) is 29.1. The number of aryl methyl sites for hydroxylation is 1. The molecule has 2 amide bonds. The van der Waals surface area contributed by atoms with Gasteiger partial charge in [-0.15, -0.1) is 0 Å². The van der Waals surface area contributed by atoms with Gasteiger partial charge in [-0.2, -0.15) is 4.37 Å². The van der Waals surface area contributed by atoms with Crippen molar-refractivity contribution in [2.45, 2.75) is 44.7 Å². The van der Waals surface area contributed by atoms with Crippen molar-refractivity contribution in [3.05, 3.63) is 74.7 Å². The fourth-order valence-corrected chi connectivity index (χ4v) is 5.14. The summed E-state index contributed by atoms with van der Waals surface area (Å²) in [6, 6.07) is 13.7. The van der Waals surface area contributed by atoms with Crippen molar-refractivity contribution in [3.63, 3.8) is 0 Å². The number of aromatic nitrogens is 1. The fourth-order valence-electron chi connectivity index (χ4n) is 4.15. The van der Waals surface area contributed by atoms with Crippen molar-refractivity contribution >= 4 is 52.2 Å². The molecule has 1 aliphatic carbocycles. The Morgan fingerprint density at radius 1 is 1.09 bits per heavy atom. The average Bonchev–Trinajstić information content (AvgIpc) is 3.47. The van der Waals surface area contributed by atoms with Crippen LogP contribution in [0, 0.1) is 6.92 Å². The van der Waals surface area contributed by atoms with Crippen LogP contribution in [0.4, 0.5) is 5.69 Å². The van der Waals surface area contributed by atoms with Crippen molar-refractivity contribution in [3.8, 4) is 5.75 Å². The van der Waals surface area contributed by atoms with Crippen LogP contribution in [0.15, 0.2) is 48.5 Å². The largest absolute Gasteiger partial charge is 0.497 e. The first-order chi connectivity index (χ1) is 16.4. The van der Waals surface area contributed by atoms with Crippen LogP contribution in [0.1, 0.15) is 53.3 Å². The molecule has 2 aromatic carbocycles. The third-order valence-electron chi connectivity index (χ3n) is 5.97. The number of ether oxygens (including phenoxy) is 1. The Kier molecular flexibility index (Phi) is 7.76. The molecule has 1 aliphatic rings. The molecule has 1 aromatic heterocycles. The number of anilines is 1. The van der Waals surface area contributed by atoms with Gasteiger partial charge in [0.15, 0.2) is 5.69 Å². The van der Waals surface area contributed by atoms with E-state index >= 15 is 0 Å². The molecule has 4 rings (SSSR count). The van der Waals surface area contributed by atoms with Crippen molar-refractivity contribution in [2.24, 2.45) is 0 Å². The quantitative estimate of drug-likeness (QED) is 0.404. The molecule has 0 aliphatic heterocycles. The Bertz CT molecular complexity index is 1160. The molecule has 3 aromatic rings. The van der Waals surface area contributed by atoms with E-state index < -0.39 is 11.9 Å². The topological polar surface area (TPSA) is 71.5 Å². The maximum Gasteiger partial charge on any atom is 0.280 e. The van der Waals surface area contributed by atoms with Crippen molar-refractivity contribution in [1.82, 2.24) is 9.69 Å². The van der Waals surface area contributed by atoms with Crippen LogP contribution >= 0.6 is 34.7 Å². The van der Waals surface area contributed by atoms with Gasteiger partial charge in [-0.3, -0.25) is 14.5 Å². The lowest BCUT2D eigenvalue weighted by molar-refractivity contribution is -0.123. The number of carbonyl (C=O) groups is 2. The summed E-state index contributed by atoms with van der Waals surface area (Å²) >= 11 is 13.4. The van der Waals surface area contributed by atoms with E-state index in [1.165, 1.54) is 4.90 Å². The summed E-state index contributed by atoms with van der Waals surface area (Å²) in [7, 11) is 1.57. The highest BCUT2D eigenvalue weighted by molar-refractivity contribution is 7.11. The number of methoxy groups -OCH3 is 1. The van der Waals surface area contributed by atoms with Crippen LogP contribution in [-0.4, -0.2) is 29.3 Å². The molecule has 1 atom stereocenters. The van der Waals surface area contributed by atoms with E-state index in [1.807, 2.05) is 31.2 Å². The Morgan fingerprint density at radius 2 is 1.74 bits per heavy atom. The number of nitrogens with one attached hydrogen (secondary N) is 1. The maximum atomic E-state index is 13.9. The SMILES string of the molecule is COc1ccc(N(C(=O)c2nsc(Cl)c2Cl)[C@@H](C(=O)NC2CCCC2)c2ccc(C)cc2)cc1. The number of benzene rings is 2. The second-order valence-electron chi connectivity index (χ2n) is 8.30. The van der Waals surface area contributed by atoms with Gasteiger partial charge in [0.05, 0.1) is 7.11 Å². The zero-order valence-corrected chi connectivity index (χ0v) is 21.2. The van der Waals surface area contributed by atoms with Gasteiger partial charge in [0.25, 0.3) is 5.91 Å². The van der Waals surface area contributed by atoms with E-state index in [1.54, 1.807) is 31.4 Å². The Morgan fingerprint density at radius 3 is 2.29 bits per heavy atom. The van der Waals surface area contributed by atoms with E-state index in [9.17, 15) is 9.59 Å². The third kappa shape index (κ3) is 5.22. The smallest absolute Gasteiger partial charge is 0.280 e. The van der Waals surface area contributed by atoms with Crippen LogP contribution in [0.3, 0.4) is 0 Å². The Balaban J connectivity index is 1.83. The molecule has 178 valence electrons. The van der Waals surface area contributed by atoms with Crippen LogP contribution < -0.4 is 15.0 Å². The summed E-state index contributed by atoms with van der Waals surface area (Å²) in [5, 5.41) is 3.23. The number of nitrogens with zero attached hydrogens (tertiary/aromatic N) is 2. The molecule has 0 bridgehead atoms. The predicted octanol–water partition coefficient (Wildman–Crippen LogP) is 6.21. The van der Waals surface area contributed by atoms with Crippen molar-refractivity contribution in [1.29, 1.82) is 0 Å². The highest BCUT2D eigenvalue weighted by atomic mass is 35.5. The lowest BCUT2D eigenvalue weighted by Gasteiger charge is -2.32. The number of halogens is 2. The highest BCUT2D eigenvalue weighted by Gasteiger charge is 2.36. The van der Waals surface area contributed by atoms with E-state index in [2.05, 4.69) is 9.69 Å². The maximum absolute atomic E-state index is 13.9. The lowest BCUT2D eigenvalue weighted by atomic mass is 10.0. The first-order valence-electron chi connectivity index (χ1n) is 11.0. The molecule has 1 N–H and O–H groups in total. The Labute approximate surface area is 213 Å². The molecule has 0 spiro atoms. The van der Waals surface area contributed by atoms with Crippen LogP contribution in [0.2, 0.25) is 9.36 Å². The molecule has 0 saturated heterocycles. The molecule has 34 heavy (non-hydrogen) atoms. The molecule has 1 saturated carbocycles. The van der Waals surface area contributed by atoms with E-state index in [0.29, 0.717) is 17.0 Å². The molecular weight excluding hydrogens is 493 g/mol. The minimum absolute atomic E-state index is 0.0123. The minimum Gasteiger partial charge on any atom is -0.497 e. The van der Waals surface area contributed by atoms with Crippen LogP contribution in [0.25, 0.3) is 0 Å². The summed E-state index contributed by atoms with van der Waals surface area (Å²) in [6.07, 6.45) is 4.01. The number of rotatable bonds is 7. The van der Waals surface area contributed by atoms with Gasteiger partial charge in [-0.1, -0.05) is 65.9 Å². The number of hydrogen-bond donors (Lipinski definition) is 1. The normalized spacial score (nSPS) is 14.6. The number of hydrogen-bond acceptors (Lipinski definition) is 5. The molecule has 1 fully saturated rings. The molecule has 6 nitrogen and oxygen atoms in total. The van der Waals surface area contributed by atoms with Gasteiger partial charge >= 0.3 is 0 Å². The van der Waals surface area contributed by atoms with Gasteiger partial charge in [0.2, 0.25) is 5.91 Å². The van der Waals surface area contributed by atoms with Gasteiger partial charge < -0.3 is 10.1 Å². The predicted molar refractivity (Wildman–Crippen MR) is 136 cm³/mol. The second-order valence-corrected chi connectivity index (χ2v) is 10.0. The molecule has 0 unspecified atom stereocenters. The standard InChI is InChI=1S/C25H25Cl2N3O3S/c1-15-7-9-16(10-8-15)22(24(31)28-17-5-3-4-6-17)30(18-11-13-19(33-2)14-12-18)25(32)21-20(26)23(27)34-29-21/h7-14,17,22H,3-6H2,1-2H3,(H,28,31)/t22-/m1/s1. The molecule has 0 radical (unpaired) electrons.